The van der Waals surface area contributed by atoms with E-state index in [1.54, 1.807) is 6.92 Å². The van der Waals surface area contributed by atoms with E-state index in [0.29, 0.717) is 17.6 Å². The van der Waals surface area contributed by atoms with Crippen molar-refractivity contribution in [2.45, 2.75) is 13.0 Å². The molecule has 0 radical (unpaired) electrons. The Morgan fingerprint density at radius 2 is 1.85 bits per heavy atom. The lowest BCUT2D eigenvalue weighted by Gasteiger charge is -2.29. The number of nitrogens with zero attached hydrogens (tertiary/aromatic N) is 1. The fourth-order valence-electron chi connectivity index (χ4n) is 1.08. The van der Waals surface area contributed by atoms with Crippen LogP contribution in [0.1, 0.15) is 6.92 Å². The normalized spacial score (nSPS) is 12.7. The summed E-state index contributed by atoms with van der Waals surface area (Å²) >= 11 is 0. The number of hydrogen-bond acceptors (Lipinski definition) is 3. The molecule has 0 fully saturated rings. The first-order valence-corrected chi connectivity index (χ1v) is 4.08. The van der Waals surface area contributed by atoms with Gasteiger partial charge in [-0.25, -0.2) is 0 Å². The molecule has 0 bridgehead atoms. The predicted octanol–water partition coefficient (Wildman–Crippen LogP) is -0.863. The molecule has 0 aromatic rings. The Labute approximate surface area is 78.8 Å². The first-order valence-electron chi connectivity index (χ1n) is 4.08. The summed E-state index contributed by atoms with van der Waals surface area (Å²) in [5.74, 6) is 0. The summed E-state index contributed by atoms with van der Waals surface area (Å²) in [4.78, 5) is 8.36. The zero-order chi connectivity index (χ0) is 10.9. The molecule has 0 heterocycles. The SMILES string of the molecule is CC(O)C[N+](C)(C)CCO.O=CO. The van der Waals surface area contributed by atoms with Crippen LogP contribution in [0.4, 0.5) is 0 Å². The minimum atomic E-state index is -0.290. The van der Waals surface area contributed by atoms with E-state index in [-0.39, 0.29) is 19.2 Å². The number of aliphatic hydroxyl groups excluding tert-OH is 2. The molecule has 1 unspecified atom stereocenters. The van der Waals surface area contributed by atoms with Crippen LogP contribution in [0.5, 0.6) is 0 Å². The molecule has 0 aromatic carbocycles. The van der Waals surface area contributed by atoms with E-state index in [4.69, 9.17) is 20.1 Å². The number of rotatable bonds is 4. The smallest absolute Gasteiger partial charge is 0.290 e. The molecular formula is C8H20NO4+. The quantitative estimate of drug-likeness (QED) is 0.402. The second-order valence-corrected chi connectivity index (χ2v) is 3.52. The fraction of sp³-hybridized carbons (Fsp3) is 0.875. The minimum absolute atomic E-state index is 0.180. The summed E-state index contributed by atoms with van der Waals surface area (Å²) in [5, 5.41) is 24.5. The topological polar surface area (TPSA) is 77.8 Å². The second kappa shape index (κ2) is 7.97. The van der Waals surface area contributed by atoms with Crippen LogP contribution in [0.3, 0.4) is 0 Å². The molecule has 0 spiro atoms. The van der Waals surface area contributed by atoms with Gasteiger partial charge in [0, 0.05) is 0 Å². The van der Waals surface area contributed by atoms with Gasteiger partial charge in [-0.15, -0.1) is 0 Å². The monoisotopic (exact) mass is 194 g/mol. The molecule has 0 saturated carbocycles. The molecule has 5 nitrogen and oxygen atoms in total. The lowest BCUT2D eigenvalue weighted by Crippen LogP contribution is -2.46. The van der Waals surface area contributed by atoms with Crippen LogP contribution in [0.2, 0.25) is 0 Å². The summed E-state index contributed by atoms with van der Waals surface area (Å²) in [5.41, 5.74) is 0. The maximum absolute atomic E-state index is 9.02. The molecule has 0 saturated heterocycles. The Kier molecular flexibility index (Phi) is 9.11. The molecular weight excluding hydrogens is 174 g/mol. The van der Waals surface area contributed by atoms with E-state index in [1.165, 1.54) is 0 Å². The summed E-state index contributed by atoms with van der Waals surface area (Å²) in [6.07, 6.45) is -0.290. The number of carbonyl (C=O) groups is 1. The van der Waals surface area contributed by atoms with E-state index in [1.807, 2.05) is 14.1 Å². The van der Waals surface area contributed by atoms with Gasteiger partial charge in [0.15, 0.2) is 0 Å². The maximum atomic E-state index is 9.02. The highest BCUT2D eigenvalue weighted by Crippen LogP contribution is 1.97. The van der Waals surface area contributed by atoms with Crippen molar-refractivity contribution in [1.82, 2.24) is 0 Å². The average Bonchev–Trinajstić information content (AvgIpc) is 1.84. The first kappa shape index (κ1) is 14.9. The highest BCUT2D eigenvalue weighted by molar-refractivity contribution is 5.32. The van der Waals surface area contributed by atoms with Gasteiger partial charge in [-0.3, -0.25) is 4.79 Å². The van der Waals surface area contributed by atoms with Gasteiger partial charge >= 0.3 is 0 Å². The van der Waals surface area contributed by atoms with Crippen molar-refractivity contribution < 1.29 is 24.6 Å². The molecule has 0 rings (SSSR count). The highest BCUT2D eigenvalue weighted by Gasteiger charge is 2.16. The van der Waals surface area contributed by atoms with Crippen molar-refractivity contribution in [3.8, 4) is 0 Å². The van der Waals surface area contributed by atoms with Crippen molar-refractivity contribution >= 4 is 6.47 Å². The van der Waals surface area contributed by atoms with Gasteiger partial charge in [0.25, 0.3) is 6.47 Å². The maximum Gasteiger partial charge on any atom is 0.290 e. The Morgan fingerprint density at radius 3 is 2.08 bits per heavy atom. The number of quaternary nitrogens is 1. The fourth-order valence-corrected chi connectivity index (χ4v) is 1.08. The van der Waals surface area contributed by atoms with Gasteiger partial charge in [0.2, 0.25) is 0 Å². The highest BCUT2D eigenvalue weighted by atomic mass is 16.3. The second-order valence-electron chi connectivity index (χ2n) is 3.52. The Morgan fingerprint density at radius 1 is 1.46 bits per heavy atom. The molecule has 3 N–H and O–H groups in total. The predicted molar refractivity (Wildman–Crippen MR) is 49.3 cm³/mol. The number of carboxylic acid groups (broad SMARTS) is 1. The molecule has 5 heteroatoms. The van der Waals surface area contributed by atoms with Crippen molar-refractivity contribution in [1.29, 1.82) is 0 Å². The Bertz CT molecular complexity index is 125. The largest absolute Gasteiger partial charge is 0.483 e. The van der Waals surface area contributed by atoms with Crippen LogP contribution in [-0.4, -0.2) is 66.2 Å². The van der Waals surface area contributed by atoms with Gasteiger partial charge in [0.05, 0.1) is 20.7 Å². The van der Waals surface area contributed by atoms with Crippen LogP contribution >= 0.6 is 0 Å². The van der Waals surface area contributed by atoms with E-state index in [0.717, 1.165) is 0 Å². The van der Waals surface area contributed by atoms with Crippen molar-refractivity contribution in [3.05, 3.63) is 0 Å². The lowest BCUT2D eigenvalue weighted by atomic mass is 10.3. The van der Waals surface area contributed by atoms with Gasteiger partial charge < -0.3 is 19.8 Å². The zero-order valence-electron chi connectivity index (χ0n) is 8.47. The van der Waals surface area contributed by atoms with Crippen LogP contribution in [-0.2, 0) is 4.79 Å². The number of hydrogen-bond donors (Lipinski definition) is 3. The van der Waals surface area contributed by atoms with E-state index in [9.17, 15) is 0 Å². The first-order chi connectivity index (χ1) is 5.89. The standard InChI is InChI=1S/C7H18NO2.CH2O2/c1-7(10)6-8(2,3)4-5-9;2-1-3/h7,9-10H,4-6H2,1-3H3;1H,(H,2,3)/q+1;. The van der Waals surface area contributed by atoms with E-state index in [2.05, 4.69) is 0 Å². The van der Waals surface area contributed by atoms with Crippen molar-refractivity contribution in [2.24, 2.45) is 0 Å². The molecule has 1 atom stereocenters. The van der Waals surface area contributed by atoms with Gasteiger partial charge in [-0.1, -0.05) is 0 Å². The summed E-state index contributed by atoms with van der Waals surface area (Å²) in [6, 6.07) is 0. The third kappa shape index (κ3) is 14.2. The lowest BCUT2D eigenvalue weighted by molar-refractivity contribution is -0.893. The van der Waals surface area contributed by atoms with Crippen LogP contribution in [0.25, 0.3) is 0 Å². The van der Waals surface area contributed by atoms with Gasteiger partial charge in [0.1, 0.15) is 19.2 Å². The molecule has 13 heavy (non-hydrogen) atoms. The molecule has 0 aromatic heterocycles. The van der Waals surface area contributed by atoms with Crippen LogP contribution in [0.15, 0.2) is 0 Å². The third-order valence-corrected chi connectivity index (χ3v) is 1.46. The Hall–Kier alpha value is -0.650. The molecule has 0 amide bonds. The van der Waals surface area contributed by atoms with Gasteiger partial charge in [-0.05, 0) is 6.92 Å². The number of likely N-dealkylation sites (N-methyl/N-ethyl adjacent to an activating group) is 1. The van der Waals surface area contributed by atoms with E-state index < -0.39 is 0 Å². The van der Waals surface area contributed by atoms with Crippen LogP contribution < -0.4 is 0 Å². The van der Waals surface area contributed by atoms with E-state index >= 15 is 0 Å². The third-order valence-electron chi connectivity index (χ3n) is 1.46. The van der Waals surface area contributed by atoms with Crippen LogP contribution in [0, 0.1) is 0 Å². The van der Waals surface area contributed by atoms with Crippen molar-refractivity contribution in [2.75, 3.05) is 33.8 Å². The molecule has 0 aliphatic carbocycles. The summed E-state index contributed by atoms with van der Waals surface area (Å²) < 4.78 is 0.675. The molecule has 0 aliphatic rings. The minimum Gasteiger partial charge on any atom is -0.483 e. The average molecular weight is 194 g/mol. The molecule has 0 aliphatic heterocycles. The molecule has 80 valence electrons. The Balaban J connectivity index is 0. The van der Waals surface area contributed by atoms with Crippen molar-refractivity contribution in [3.63, 3.8) is 0 Å². The summed E-state index contributed by atoms with van der Waals surface area (Å²) in [6.45, 7) is 3.09. The zero-order valence-corrected chi connectivity index (χ0v) is 8.47. The number of aliphatic hydroxyl groups is 2. The summed E-state index contributed by atoms with van der Waals surface area (Å²) in [7, 11) is 3.98. The van der Waals surface area contributed by atoms with Gasteiger partial charge in [-0.2, -0.15) is 0 Å².